The summed E-state index contributed by atoms with van der Waals surface area (Å²) in [6, 6.07) is 11.3. The van der Waals surface area contributed by atoms with Gasteiger partial charge in [-0.05, 0) is 108 Å². The molecule has 0 bridgehead atoms. The number of nitrogens with one attached hydrogen (secondary N) is 1. The Morgan fingerprint density at radius 3 is 2.26 bits per heavy atom. The number of hydrogen-bond acceptors (Lipinski definition) is 5. The van der Waals surface area contributed by atoms with E-state index >= 15 is 0 Å². The van der Waals surface area contributed by atoms with Gasteiger partial charge in [0.15, 0.2) is 0 Å². The van der Waals surface area contributed by atoms with Gasteiger partial charge in [-0.1, -0.05) is 35.3 Å². The molecule has 0 spiro atoms. The zero-order valence-corrected chi connectivity index (χ0v) is 24.4. The number of halogens is 2. The molecule has 1 aliphatic heterocycles. The predicted octanol–water partition coefficient (Wildman–Crippen LogP) is 7.62. The Morgan fingerprint density at radius 1 is 0.974 bits per heavy atom. The second-order valence-electron chi connectivity index (χ2n) is 11.9. The summed E-state index contributed by atoms with van der Waals surface area (Å²) in [6.45, 7) is 12.8. The van der Waals surface area contributed by atoms with Crippen LogP contribution in [0.2, 0.25) is 10.0 Å². The van der Waals surface area contributed by atoms with E-state index < -0.39 is 17.3 Å². The summed E-state index contributed by atoms with van der Waals surface area (Å²) in [5, 5.41) is 5.35. The minimum Gasteiger partial charge on any atom is -0.456 e. The molecular weight excluding hydrogens is 523 g/mol. The second kappa shape index (κ2) is 10.9. The summed E-state index contributed by atoms with van der Waals surface area (Å²) in [7, 11) is 0. The van der Waals surface area contributed by atoms with Gasteiger partial charge in [0.25, 0.3) is 0 Å². The zero-order valence-electron chi connectivity index (χ0n) is 22.9. The van der Waals surface area contributed by atoms with Crippen molar-refractivity contribution in [2.45, 2.75) is 71.5 Å². The van der Waals surface area contributed by atoms with E-state index in [0.717, 1.165) is 42.4 Å². The fraction of sp³-hybridized carbons (Fsp3) is 0.467. The molecule has 1 fully saturated rings. The number of carbonyl (C=O) groups is 2. The normalized spacial score (nSPS) is 18.4. The number of hydrogen-bond donors (Lipinski definition) is 1. The summed E-state index contributed by atoms with van der Waals surface area (Å²) < 4.78 is 12.5. The quantitative estimate of drug-likeness (QED) is 0.333. The molecule has 8 heteroatoms. The highest BCUT2D eigenvalue weighted by atomic mass is 35.5. The van der Waals surface area contributed by atoms with Crippen LogP contribution in [0.25, 0.3) is 10.9 Å². The molecular formula is C30H36Cl2N2O4. The smallest absolute Gasteiger partial charge is 0.419 e. The van der Waals surface area contributed by atoms with Crippen molar-refractivity contribution in [3.8, 4) is 0 Å². The highest BCUT2D eigenvalue weighted by Crippen LogP contribution is 2.39. The van der Waals surface area contributed by atoms with Gasteiger partial charge < -0.3 is 14.8 Å². The Bertz CT molecular complexity index is 1330. The molecule has 0 unspecified atom stereocenters. The maximum absolute atomic E-state index is 12.9. The molecule has 3 aromatic rings. The summed E-state index contributed by atoms with van der Waals surface area (Å²) in [6.07, 6.45) is 2.91. The van der Waals surface area contributed by atoms with Crippen LogP contribution in [0.4, 0.5) is 4.79 Å². The van der Waals surface area contributed by atoms with Gasteiger partial charge in [0.1, 0.15) is 11.2 Å². The highest BCUT2D eigenvalue weighted by Gasteiger charge is 2.30. The number of benzene rings is 2. The zero-order chi connectivity index (χ0) is 27.8. The summed E-state index contributed by atoms with van der Waals surface area (Å²) in [4.78, 5) is 25.3. The first kappa shape index (κ1) is 28.5. The van der Waals surface area contributed by atoms with Crippen LogP contribution < -0.4 is 5.32 Å². The van der Waals surface area contributed by atoms with Gasteiger partial charge in [0, 0.05) is 23.2 Å². The Balaban J connectivity index is 1.62. The molecule has 2 atom stereocenters. The van der Waals surface area contributed by atoms with E-state index in [1.54, 1.807) is 12.3 Å². The molecule has 0 saturated carbocycles. The van der Waals surface area contributed by atoms with Crippen LogP contribution in [0.15, 0.2) is 42.6 Å². The Kier molecular flexibility index (Phi) is 8.17. The lowest BCUT2D eigenvalue weighted by atomic mass is 9.77. The lowest BCUT2D eigenvalue weighted by Gasteiger charge is -2.33. The number of piperidine rings is 1. The van der Waals surface area contributed by atoms with E-state index in [4.69, 9.17) is 32.7 Å². The Labute approximate surface area is 234 Å². The predicted molar refractivity (Wildman–Crippen MR) is 153 cm³/mol. The van der Waals surface area contributed by atoms with Crippen molar-refractivity contribution in [3.63, 3.8) is 0 Å². The van der Waals surface area contributed by atoms with Crippen LogP contribution in [0.1, 0.15) is 75.4 Å². The minimum atomic E-state index is -0.628. The first-order valence-electron chi connectivity index (χ1n) is 13.0. The number of ether oxygens (including phenoxy) is 2. The molecule has 6 nitrogen and oxygen atoms in total. The molecule has 1 aliphatic rings. The molecule has 1 saturated heterocycles. The number of fused-ring (bicyclic) bond motifs is 1. The molecule has 1 N–H and O–H groups in total. The average Bonchev–Trinajstić information content (AvgIpc) is 3.26. The van der Waals surface area contributed by atoms with E-state index in [-0.39, 0.29) is 11.9 Å². The van der Waals surface area contributed by atoms with Crippen LogP contribution in [0, 0.1) is 5.92 Å². The summed E-state index contributed by atoms with van der Waals surface area (Å²) in [5.41, 5.74) is 2.09. The van der Waals surface area contributed by atoms with E-state index in [0.29, 0.717) is 27.0 Å². The maximum atomic E-state index is 12.9. The van der Waals surface area contributed by atoms with Crippen LogP contribution >= 0.6 is 23.2 Å². The van der Waals surface area contributed by atoms with E-state index in [2.05, 4.69) is 5.32 Å². The van der Waals surface area contributed by atoms with Crippen LogP contribution in [0.5, 0.6) is 0 Å². The summed E-state index contributed by atoms with van der Waals surface area (Å²) in [5.74, 6) is 0.203. The average molecular weight is 560 g/mol. The lowest BCUT2D eigenvalue weighted by molar-refractivity contribution is 0.00692. The van der Waals surface area contributed by atoms with Crippen molar-refractivity contribution in [2.24, 2.45) is 5.92 Å². The first-order valence-corrected chi connectivity index (χ1v) is 13.7. The van der Waals surface area contributed by atoms with Crippen molar-refractivity contribution >= 4 is 46.2 Å². The third kappa shape index (κ3) is 6.53. The number of rotatable bonds is 4. The molecule has 0 amide bonds. The van der Waals surface area contributed by atoms with Gasteiger partial charge in [-0.2, -0.15) is 0 Å². The van der Waals surface area contributed by atoms with Crippen molar-refractivity contribution in [3.05, 3.63) is 69.3 Å². The highest BCUT2D eigenvalue weighted by molar-refractivity contribution is 6.39. The van der Waals surface area contributed by atoms with Crippen molar-refractivity contribution in [1.82, 2.24) is 9.88 Å². The Hall–Kier alpha value is -2.54. The third-order valence-corrected chi connectivity index (χ3v) is 7.26. The fourth-order valence-corrected chi connectivity index (χ4v) is 5.64. The molecule has 0 radical (unpaired) electrons. The van der Waals surface area contributed by atoms with Crippen molar-refractivity contribution < 1.29 is 19.1 Å². The molecule has 2 heterocycles. The monoisotopic (exact) mass is 558 g/mol. The molecule has 0 aliphatic carbocycles. The summed E-state index contributed by atoms with van der Waals surface area (Å²) >= 11 is 13.3. The third-order valence-electron chi connectivity index (χ3n) is 6.63. The Morgan fingerprint density at radius 2 is 1.63 bits per heavy atom. The van der Waals surface area contributed by atoms with E-state index in [1.165, 1.54) is 4.57 Å². The molecule has 204 valence electrons. The largest absolute Gasteiger partial charge is 0.456 e. The fourth-order valence-electron chi connectivity index (χ4n) is 5.00. The molecule has 1 aromatic heterocycles. The standard InChI is InChI=1S/C30H36Cl2N2O4/c1-29(2,3)37-27(35)19-9-7-18(8-10-19)23-17-33-13-11-20(23)15-22-21-12-14-34(28(36)38-30(4,5)6)26(21)25(32)16-24(22)31/h7-10,12,14,16,20,23,33H,11,13,15,17H2,1-6H3/t20-,23-/m0/s1. The molecule has 4 rings (SSSR count). The lowest BCUT2D eigenvalue weighted by Crippen LogP contribution is -2.36. The number of esters is 1. The second-order valence-corrected chi connectivity index (χ2v) is 12.7. The molecule has 2 aromatic carbocycles. The SMILES string of the molecule is CC(C)(C)OC(=O)c1ccc([C@@H]2CNCC[C@H]2Cc2c(Cl)cc(Cl)c3c2ccn3C(=O)OC(C)(C)C)cc1. The van der Waals surface area contributed by atoms with Crippen LogP contribution in [-0.2, 0) is 15.9 Å². The first-order chi connectivity index (χ1) is 17.7. The van der Waals surface area contributed by atoms with E-state index in [9.17, 15) is 9.59 Å². The number of nitrogens with zero attached hydrogens (tertiary/aromatic N) is 1. The number of carbonyl (C=O) groups excluding carboxylic acids is 2. The van der Waals surface area contributed by atoms with Crippen LogP contribution in [0.3, 0.4) is 0 Å². The van der Waals surface area contributed by atoms with Gasteiger partial charge in [-0.15, -0.1) is 0 Å². The van der Waals surface area contributed by atoms with Crippen molar-refractivity contribution in [1.29, 1.82) is 0 Å². The van der Waals surface area contributed by atoms with Gasteiger partial charge in [-0.3, -0.25) is 4.57 Å². The molecule has 38 heavy (non-hydrogen) atoms. The maximum Gasteiger partial charge on any atom is 0.419 e. The topological polar surface area (TPSA) is 69.6 Å². The van der Waals surface area contributed by atoms with Crippen molar-refractivity contribution in [2.75, 3.05) is 13.1 Å². The van der Waals surface area contributed by atoms with Crippen LogP contribution in [-0.4, -0.2) is 40.9 Å². The van der Waals surface area contributed by atoms with Gasteiger partial charge in [0.05, 0.1) is 16.1 Å². The number of aromatic nitrogens is 1. The minimum absolute atomic E-state index is 0.228. The van der Waals surface area contributed by atoms with Gasteiger partial charge in [-0.25, -0.2) is 9.59 Å². The van der Waals surface area contributed by atoms with E-state index in [1.807, 2.05) is 71.9 Å². The van der Waals surface area contributed by atoms with Gasteiger partial charge in [0.2, 0.25) is 0 Å². The van der Waals surface area contributed by atoms with Gasteiger partial charge >= 0.3 is 12.1 Å².